The molecular formula is C20H22ClF2N7O. The van der Waals surface area contributed by atoms with E-state index in [4.69, 9.17) is 17.0 Å². The molecule has 0 saturated carbocycles. The van der Waals surface area contributed by atoms with Crippen molar-refractivity contribution < 1.29 is 14.0 Å². The average molecular weight is 450 g/mol. The molecule has 1 aliphatic heterocycles. The number of halogens is 3. The molecule has 164 valence electrons. The Balaban J connectivity index is 1.48. The molecule has 0 amide bonds. The number of benzene rings is 1. The van der Waals surface area contributed by atoms with Crippen LogP contribution in [0.4, 0.5) is 20.4 Å². The fourth-order valence-electron chi connectivity index (χ4n) is 3.59. The molecule has 1 aliphatic rings. The molecule has 3 aromatic rings. The van der Waals surface area contributed by atoms with E-state index in [1.807, 2.05) is 0 Å². The van der Waals surface area contributed by atoms with Crippen LogP contribution in [0.3, 0.4) is 0 Å². The topological polar surface area (TPSA) is 104 Å². The van der Waals surface area contributed by atoms with Gasteiger partial charge < -0.3 is 10.3 Å². The maximum Gasteiger partial charge on any atom is 0.202 e. The van der Waals surface area contributed by atoms with Gasteiger partial charge in [0.05, 0.1) is 16.2 Å². The summed E-state index contributed by atoms with van der Waals surface area (Å²) >= 11 is 5.78. The molecule has 2 aromatic heterocycles. The molecule has 0 spiro atoms. The van der Waals surface area contributed by atoms with Gasteiger partial charge in [0, 0.05) is 31.4 Å². The van der Waals surface area contributed by atoms with E-state index in [2.05, 4.69) is 25.2 Å². The van der Waals surface area contributed by atoms with E-state index >= 15 is 0 Å². The van der Waals surface area contributed by atoms with Crippen molar-refractivity contribution in [2.45, 2.75) is 19.0 Å². The average Bonchev–Trinajstić information content (AvgIpc) is 3.17. The maximum atomic E-state index is 13.5. The van der Waals surface area contributed by atoms with E-state index in [0.29, 0.717) is 53.8 Å². The second-order valence-corrected chi connectivity index (χ2v) is 7.78. The van der Waals surface area contributed by atoms with E-state index < -0.39 is 12.0 Å². The summed E-state index contributed by atoms with van der Waals surface area (Å²) in [6.45, 7) is 2.58. The normalized spacial score (nSPS) is 17.1. The number of anilines is 2. The van der Waals surface area contributed by atoms with Crippen LogP contribution < -0.4 is 10.4 Å². The first kappa shape index (κ1) is 21.4. The molecule has 0 bridgehead atoms. The number of rotatable bonds is 6. The van der Waals surface area contributed by atoms with Crippen LogP contribution in [-0.4, -0.2) is 63.2 Å². The number of fused-ring (bicyclic) bond motifs is 1. The van der Waals surface area contributed by atoms with E-state index in [9.17, 15) is 14.0 Å². The third-order valence-electron chi connectivity index (χ3n) is 5.18. The number of pyridine rings is 1. The van der Waals surface area contributed by atoms with Crippen LogP contribution in [0.1, 0.15) is 18.4 Å². The number of hydrogen-bond donors (Lipinski definition) is 4. The largest absolute Gasteiger partial charge is 0.354 e. The monoisotopic (exact) mass is 449 g/mol. The number of aromatic nitrogens is 3. The lowest BCUT2D eigenvalue weighted by molar-refractivity contribution is 0.143. The van der Waals surface area contributed by atoms with Crippen LogP contribution in [-0.2, 0) is 0 Å². The molecule has 8 nitrogen and oxygen atoms in total. The lowest BCUT2D eigenvalue weighted by Gasteiger charge is -2.28. The first-order valence-electron chi connectivity index (χ1n) is 9.90. The molecular weight excluding hydrogens is 428 g/mol. The van der Waals surface area contributed by atoms with Crippen molar-refractivity contribution in [2.24, 2.45) is 0 Å². The van der Waals surface area contributed by atoms with Gasteiger partial charge in [-0.1, -0.05) is 11.6 Å². The second kappa shape index (κ2) is 9.13. The molecule has 31 heavy (non-hydrogen) atoms. The number of imidazole rings is 1. The van der Waals surface area contributed by atoms with Crippen LogP contribution >= 0.6 is 11.6 Å². The third kappa shape index (κ3) is 4.76. The van der Waals surface area contributed by atoms with E-state index in [1.165, 1.54) is 18.3 Å². The smallest absolute Gasteiger partial charge is 0.202 e. The van der Waals surface area contributed by atoms with Gasteiger partial charge in [-0.25, -0.2) is 18.8 Å². The molecule has 1 fully saturated rings. The summed E-state index contributed by atoms with van der Waals surface area (Å²) in [5.41, 5.74) is 1.33. The number of H-pyrrole nitrogens is 1. The number of nitrogens with zero attached hydrogens (tertiary/aromatic N) is 4. The number of amidine groups is 1. The number of alkyl halides is 1. The van der Waals surface area contributed by atoms with Gasteiger partial charge in [0.1, 0.15) is 12.0 Å². The lowest BCUT2D eigenvalue weighted by atomic mass is 10.1. The van der Waals surface area contributed by atoms with Crippen molar-refractivity contribution in [1.82, 2.24) is 19.9 Å². The van der Waals surface area contributed by atoms with Gasteiger partial charge in [-0.3, -0.25) is 15.5 Å². The van der Waals surface area contributed by atoms with Gasteiger partial charge in [-0.2, -0.15) is 4.98 Å². The zero-order valence-corrected chi connectivity index (χ0v) is 17.3. The Labute approximate surface area is 182 Å². The van der Waals surface area contributed by atoms with Crippen molar-refractivity contribution in [2.75, 3.05) is 36.6 Å². The van der Waals surface area contributed by atoms with Crippen molar-refractivity contribution >= 4 is 40.2 Å². The Morgan fingerprint density at radius 3 is 3.03 bits per heavy atom. The number of piperidine rings is 1. The zero-order chi connectivity index (χ0) is 22.0. The fraction of sp³-hybridized carbons (Fsp3) is 0.350. The number of hydroxylamine groups is 1. The standard InChI is InChI=1S/C20H22ClF2N7O/c21-15-10-13(3-4-16(15)23)30(31)18(24)14-5-6-25-19-17(14)27-20(28-19)26-7-9-29-8-1-2-12(22)11-29/h3-6,10,12,24,31H,1-2,7-9,11H2,(H2,25,26,27,28). The Bertz CT molecular complexity index is 1090. The molecule has 11 heteroatoms. The Kier molecular flexibility index (Phi) is 6.30. The molecule has 0 radical (unpaired) electrons. The summed E-state index contributed by atoms with van der Waals surface area (Å²) in [5, 5.41) is 22.4. The third-order valence-corrected chi connectivity index (χ3v) is 5.46. The van der Waals surface area contributed by atoms with Gasteiger partial charge in [0.25, 0.3) is 0 Å². The van der Waals surface area contributed by atoms with Gasteiger partial charge in [0.2, 0.25) is 5.95 Å². The summed E-state index contributed by atoms with van der Waals surface area (Å²) in [4.78, 5) is 13.7. The van der Waals surface area contributed by atoms with Crippen molar-refractivity contribution in [3.63, 3.8) is 0 Å². The SMILES string of the molecule is N=C(c1ccnc2nc(NCCN3CCCC(F)C3)[nH]c12)N(O)c1ccc(F)c(Cl)c1. The molecule has 1 saturated heterocycles. The van der Waals surface area contributed by atoms with Crippen molar-refractivity contribution in [1.29, 1.82) is 5.41 Å². The fourth-order valence-corrected chi connectivity index (χ4v) is 3.76. The molecule has 1 aromatic carbocycles. The van der Waals surface area contributed by atoms with Gasteiger partial charge in [-0.15, -0.1) is 0 Å². The van der Waals surface area contributed by atoms with Gasteiger partial charge >= 0.3 is 0 Å². The summed E-state index contributed by atoms with van der Waals surface area (Å²) in [6.07, 6.45) is 2.20. The maximum absolute atomic E-state index is 13.5. The molecule has 3 heterocycles. The number of aromatic amines is 1. The zero-order valence-electron chi connectivity index (χ0n) is 16.6. The minimum Gasteiger partial charge on any atom is -0.354 e. The predicted molar refractivity (Wildman–Crippen MR) is 115 cm³/mol. The van der Waals surface area contributed by atoms with Crippen LogP contribution in [0.5, 0.6) is 0 Å². The van der Waals surface area contributed by atoms with Crippen LogP contribution in [0.25, 0.3) is 11.2 Å². The van der Waals surface area contributed by atoms with Gasteiger partial charge in [-0.05, 0) is 43.7 Å². The minimum absolute atomic E-state index is 0.145. The van der Waals surface area contributed by atoms with E-state index in [-0.39, 0.29) is 16.5 Å². The molecule has 1 unspecified atom stereocenters. The van der Waals surface area contributed by atoms with Crippen molar-refractivity contribution in [3.8, 4) is 0 Å². The number of nitrogens with one attached hydrogen (secondary N) is 3. The first-order valence-corrected chi connectivity index (χ1v) is 10.3. The Morgan fingerprint density at radius 2 is 2.26 bits per heavy atom. The minimum atomic E-state index is -0.768. The summed E-state index contributed by atoms with van der Waals surface area (Å²) in [5.74, 6) is -0.411. The van der Waals surface area contributed by atoms with Crippen LogP contribution in [0.2, 0.25) is 5.02 Å². The lowest BCUT2D eigenvalue weighted by Crippen LogP contribution is -2.39. The van der Waals surface area contributed by atoms with Crippen LogP contribution in [0.15, 0.2) is 30.5 Å². The van der Waals surface area contributed by atoms with E-state index in [1.54, 1.807) is 6.07 Å². The summed E-state index contributed by atoms with van der Waals surface area (Å²) in [6, 6.07) is 5.22. The number of hydrogen-bond acceptors (Lipinski definition) is 6. The summed E-state index contributed by atoms with van der Waals surface area (Å²) < 4.78 is 26.9. The molecule has 4 rings (SSSR count). The highest BCUT2D eigenvalue weighted by atomic mass is 35.5. The molecule has 1 atom stereocenters. The summed E-state index contributed by atoms with van der Waals surface area (Å²) in [7, 11) is 0. The van der Waals surface area contributed by atoms with Crippen molar-refractivity contribution in [3.05, 3.63) is 46.9 Å². The highest BCUT2D eigenvalue weighted by Crippen LogP contribution is 2.25. The van der Waals surface area contributed by atoms with Gasteiger partial charge in [0.15, 0.2) is 11.5 Å². The second-order valence-electron chi connectivity index (χ2n) is 7.37. The first-order chi connectivity index (χ1) is 14.9. The Morgan fingerprint density at radius 1 is 1.42 bits per heavy atom. The highest BCUT2D eigenvalue weighted by Gasteiger charge is 2.20. The highest BCUT2D eigenvalue weighted by molar-refractivity contribution is 6.31. The van der Waals surface area contributed by atoms with E-state index in [0.717, 1.165) is 19.0 Å². The molecule has 0 aliphatic carbocycles. The molecule has 4 N–H and O–H groups in total. The number of likely N-dealkylation sites (tertiary alicyclic amines) is 1. The predicted octanol–water partition coefficient (Wildman–Crippen LogP) is 3.82. The van der Waals surface area contributed by atoms with Crippen LogP contribution in [0, 0.1) is 11.2 Å². The quantitative estimate of drug-likeness (QED) is 0.259. The Hall–Kier alpha value is -2.82.